The third-order valence-electron chi connectivity index (χ3n) is 3.64. The van der Waals surface area contributed by atoms with E-state index in [4.69, 9.17) is 0 Å². The van der Waals surface area contributed by atoms with Crippen LogP contribution in [0, 0.1) is 0 Å². The molecule has 2 amide bonds. The lowest BCUT2D eigenvalue weighted by Crippen LogP contribution is -2.35. The Morgan fingerprint density at radius 1 is 1.12 bits per heavy atom. The summed E-state index contributed by atoms with van der Waals surface area (Å²) in [5.41, 5.74) is 2.04. The Morgan fingerprint density at radius 2 is 1.83 bits per heavy atom. The monoisotopic (exact) mass is 385 g/mol. The molecule has 6 heteroatoms. The van der Waals surface area contributed by atoms with Crippen LogP contribution in [0.25, 0.3) is 10.9 Å². The van der Waals surface area contributed by atoms with Gasteiger partial charge in [-0.25, -0.2) is 0 Å². The van der Waals surface area contributed by atoms with Crippen LogP contribution in [0.1, 0.15) is 10.5 Å². The molecule has 0 unspecified atom stereocenters. The van der Waals surface area contributed by atoms with E-state index in [0.29, 0.717) is 11.4 Å². The Morgan fingerprint density at radius 3 is 2.58 bits per heavy atom. The van der Waals surface area contributed by atoms with Crippen molar-refractivity contribution in [1.29, 1.82) is 0 Å². The molecule has 0 atom stereocenters. The van der Waals surface area contributed by atoms with Gasteiger partial charge in [-0.1, -0.05) is 30.3 Å². The maximum absolute atomic E-state index is 12.5. The highest BCUT2D eigenvalue weighted by Gasteiger charge is 2.17. The fraction of sp³-hybridized carbons (Fsp3) is 0.111. The van der Waals surface area contributed by atoms with Crippen molar-refractivity contribution in [2.75, 3.05) is 18.9 Å². The molecule has 0 saturated carbocycles. The van der Waals surface area contributed by atoms with Crippen LogP contribution in [-0.4, -0.2) is 35.3 Å². The summed E-state index contributed by atoms with van der Waals surface area (Å²) in [6.45, 7) is -0.0322. The molecule has 0 bridgehead atoms. The number of aromatic amines is 1. The number of likely N-dealkylation sites (N-methyl/N-ethyl adjacent to an activating group) is 1. The van der Waals surface area contributed by atoms with Gasteiger partial charge in [0.05, 0.1) is 12.2 Å². The highest BCUT2D eigenvalue weighted by Crippen LogP contribution is 2.21. The van der Waals surface area contributed by atoms with Gasteiger partial charge < -0.3 is 15.2 Å². The first-order valence-electron chi connectivity index (χ1n) is 7.42. The molecule has 0 aliphatic rings. The second kappa shape index (κ2) is 6.88. The van der Waals surface area contributed by atoms with Gasteiger partial charge in [0.25, 0.3) is 5.91 Å². The molecule has 0 fully saturated rings. The van der Waals surface area contributed by atoms with Crippen LogP contribution >= 0.6 is 15.9 Å². The number of nitrogens with zero attached hydrogens (tertiary/aromatic N) is 1. The number of rotatable bonds is 4. The number of carbonyl (C=O) groups excluding carboxylic acids is 2. The van der Waals surface area contributed by atoms with Crippen molar-refractivity contribution in [3.8, 4) is 0 Å². The third kappa shape index (κ3) is 3.49. The van der Waals surface area contributed by atoms with Gasteiger partial charge in [-0.15, -0.1) is 0 Å². The molecule has 1 aromatic heterocycles. The van der Waals surface area contributed by atoms with Gasteiger partial charge in [-0.05, 0) is 40.2 Å². The second-order valence-electron chi connectivity index (χ2n) is 5.46. The molecule has 0 aliphatic heterocycles. The summed E-state index contributed by atoms with van der Waals surface area (Å²) < 4.78 is 0.794. The summed E-state index contributed by atoms with van der Waals surface area (Å²) in [6, 6.07) is 16.8. The van der Waals surface area contributed by atoms with E-state index in [-0.39, 0.29) is 18.4 Å². The maximum Gasteiger partial charge on any atom is 0.270 e. The van der Waals surface area contributed by atoms with Crippen LogP contribution in [0.15, 0.2) is 59.1 Å². The van der Waals surface area contributed by atoms with Crippen molar-refractivity contribution < 1.29 is 9.59 Å². The highest BCUT2D eigenvalue weighted by atomic mass is 79.9. The minimum atomic E-state index is -0.256. The highest BCUT2D eigenvalue weighted by molar-refractivity contribution is 9.10. The number of para-hydroxylation sites is 2. The lowest BCUT2D eigenvalue weighted by atomic mass is 10.2. The first-order chi connectivity index (χ1) is 11.5. The lowest BCUT2D eigenvalue weighted by Gasteiger charge is -2.16. The molecule has 0 radical (unpaired) electrons. The lowest BCUT2D eigenvalue weighted by molar-refractivity contribution is -0.116. The van der Waals surface area contributed by atoms with Gasteiger partial charge in [0, 0.05) is 22.4 Å². The third-order valence-corrected chi connectivity index (χ3v) is 4.33. The molecule has 2 N–H and O–H groups in total. The van der Waals surface area contributed by atoms with Crippen LogP contribution in [0.4, 0.5) is 5.69 Å². The summed E-state index contributed by atoms with van der Waals surface area (Å²) in [6.07, 6.45) is 0. The van der Waals surface area contributed by atoms with Crippen LogP contribution in [0.5, 0.6) is 0 Å². The van der Waals surface area contributed by atoms with E-state index in [0.717, 1.165) is 15.4 Å². The number of hydrogen-bond acceptors (Lipinski definition) is 2. The average Bonchev–Trinajstić information content (AvgIpc) is 3.00. The van der Waals surface area contributed by atoms with Crippen LogP contribution < -0.4 is 5.32 Å². The van der Waals surface area contributed by atoms with Crippen molar-refractivity contribution in [3.05, 3.63) is 64.8 Å². The number of nitrogens with one attached hydrogen (secondary N) is 2. The van der Waals surface area contributed by atoms with E-state index >= 15 is 0 Å². The largest absolute Gasteiger partial charge is 0.351 e. The zero-order chi connectivity index (χ0) is 17.1. The Labute approximate surface area is 147 Å². The molecule has 122 valence electrons. The van der Waals surface area contributed by atoms with Crippen molar-refractivity contribution in [1.82, 2.24) is 9.88 Å². The Bertz CT molecular complexity index is 871. The van der Waals surface area contributed by atoms with Crippen molar-refractivity contribution in [2.24, 2.45) is 0 Å². The zero-order valence-electron chi connectivity index (χ0n) is 13.0. The molecule has 3 aromatic rings. The number of benzene rings is 2. The Hall–Kier alpha value is -2.60. The topological polar surface area (TPSA) is 65.2 Å². The van der Waals surface area contributed by atoms with Gasteiger partial charge >= 0.3 is 0 Å². The normalized spacial score (nSPS) is 10.6. The summed E-state index contributed by atoms with van der Waals surface area (Å²) in [4.78, 5) is 29.1. The minimum Gasteiger partial charge on any atom is -0.351 e. The van der Waals surface area contributed by atoms with Crippen LogP contribution in [0.2, 0.25) is 0 Å². The minimum absolute atomic E-state index is 0.0322. The molecule has 0 spiro atoms. The molecule has 3 rings (SSSR count). The number of carbonyl (C=O) groups is 2. The Kier molecular flexibility index (Phi) is 4.66. The number of aromatic nitrogens is 1. The van der Waals surface area contributed by atoms with Gasteiger partial charge in [0.2, 0.25) is 5.91 Å². The number of anilines is 1. The number of H-pyrrole nitrogens is 1. The second-order valence-corrected chi connectivity index (χ2v) is 6.31. The molecular formula is C18H16BrN3O2. The average molecular weight is 386 g/mol. The smallest absolute Gasteiger partial charge is 0.270 e. The fourth-order valence-electron chi connectivity index (χ4n) is 2.43. The molecular weight excluding hydrogens is 370 g/mol. The summed E-state index contributed by atoms with van der Waals surface area (Å²) in [7, 11) is 1.60. The predicted octanol–water partition coefficient (Wildman–Crippen LogP) is 3.64. The molecule has 0 aliphatic carbocycles. The van der Waals surface area contributed by atoms with E-state index in [1.54, 1.807) is 19.2 Å². The van der Waals surface area contributed by atoms with E-state index in [2.05, 4.69) is 26.2 Å². The first-order valence-corrected chi connectivity index (χ1v) is 8.21. The zero-order valence-corrected chi connectivity index (χ0v) is 14.6. The first kappa shape index (κ1) is 16.3. The van der Waals surface area contributed by atoms with Crippen LogP contribution in [0.3, 0.4) is 0 Å². The summed E-state index contributed by atoms with van der Waals surface area (Å²) >= 11 is 3.38. The van der Waals surface area contributed by atoms with Gasteiger partial charge in [-0.2, -0.15) is 0 Å². The Balaban J connectivity index is 1.67. The molecule has 5 nitrogen and oxygen atoms in total. The van der Waals surface area contributed by atoms with E-state index < -0.39 is 0 Å². The van der Waals surface area contributed by atoms with E-state index in [1.165, 1.54) is 4.90 Å². The number of amides is 2. The van der Waals surface area contributed by atoms with Crippen molar-refractivity contribution in [3.63, 3.8) is 0 Å². The quantitative estimate of drug-likeness (QED) is 0.719. The fourth-order valence-corrected chi connectivity index (χ4v) is 2.82. The van der Waals surface area contributed by atoms with Crippen molar-refractivity contribution in [2.45, 2.75) is 0 Å². The summed E-state index contributed by atoms with van der Waals surface area (Å²) in [5, 5.41) is 3.75. The van der Waals surface area contributed by atoms with Gasteiger partial charge in [-0.3, -0.25) is 9.59 Å². The number of fused-ring (bicyclic) bond motifs is 1. The SMILES string of the molecule is CN(CC(=O)Nc1ccccc1Br)C(=O)c1cc2ccccc2[nH]1. The molecule has 0 saturated heterocycles. The predicted molar refractivity (Wildman–Crippen MR) is 98.0 cm³/mol. The van der Waals surface area contributed by atoms with Crippen molar-refractivity contribution >= 4 is 44.3 Å². The van der Waals surface area contributed by atoms with Gasteiger partial charge in [0.1, 0.15) is 5.69 Å². The number of halogens is 1. The molecule has 2 aromatic carbocycles. The number of hydrogen-bond donors (Lipinski definition) is 2. The van der Waals surface area contributed by atoms with Gasteiger partial charge in [0.15, 0.2) is 0 Å². The maximum atomic E-state index is 12.5. The van der Waals surface area contributed by atoms with E-state index in [1.807, 2.05) is 42.5 Å². The summed E-state index contributed by atoms with van der Waals surface area (Å²) in [5.74, 6) is -0.484. The van der Waals surface area contributed by atoms with E-state index in [9.17, 15) is 9.59 Å². The molecule has 1 heterocycles. The molecule has 24 heavy (non-hydrogen) atoms. The van der Waals surface area contributed by atoms with Crippen LogP contribution in [-0.2, 0) is 4.79 Å². The standard InChI is InChI=1S/C18H16BrN3O2/c1-22(11-17(23)21-15-9-5-3-7-13(15)19)18(24)16-10-12-6-2-4-8-14(12)20-16/h2-10,20H,11H2,1H3,(H,21,23).